The molecule has 1 aromatic carbocycles. The molecule has 1 atom stereocenters. The second kappa shape index (κ2) is 9.98. The van der Waals surface area contributed by atoms with Gasteiger partial charge in [0, 0.05) is 39.3 Å². The molecule has 3 heterocycles. The van der Waals surface area contributed by atoms with Gasteiger partial charge >= 0.3 is 0 Å². The zero-order chi connectivity index (χ0) is 19.9. The van der Waals surface area contributed by atoms with Crippen LogP contribution in [0.15, 0.2) is 34.9 Å². The predicted octanol–water partition coefficient (Wildman–Crippen LogP) is 2.61. The first-order valence-electron chi connectivity index (χ1n) is 10.6. The number of amides is 1. The van der Waals surface area contributed by atoms with E-state index in [2.05, 4.69) is 10.1 Å². The maximum Gasteiger partial charge on any atom is 0.231 e. The summed E-state index contributed by atoms with van der Waals surface area (Å²) < 4.78 is 16.6. The van der Waals surface area contributed by atoms with E-state index in [1.807, 2.05) is 35.2 Å². The van der Waals surface area contributed by atoms with Gasteiger partial charge in [-0.15, -0.1) is 0 Å². The van der Waals surface area contributed by atoms with Crippen LogP contribution in [0.2, 0.25) is 0 Å². The van der Waals surface area contributed by atoms with Gasteiger partial charge in [-0.25, -0.2) is 0 Å². The molecule has 0 spiro atoms. The molecule has 7 heteroatoms. The molecule has 0 aliphatic carbocycles. The van der Waals surface area contributed by atoms with E-state index < -0.39 is 0 Å². The van der Waals surface area contributed by atoms with E-state index in [0.29, 0.717) is 43.6 Å². The third-order valence-corrected chi connectivity index (χ3v) is 5.74. The van der Waals surface area contributed by atoms with Crippen LogP contribution in [0.5, 0.6) is 0 Å². The molecule has 0 N–H and O–H groups in total. The summed E-state index contributed by atoms with van der Waals surface area (Å²) in [6, 6.07) is 9.86. The number of carbonyl (C=O) groups excluding carboxylic acids is 1. The highest BCUT2D eigenvalue weighted by Gasteiger charge is 2.31. The Labute approximate surface area is 171 Å². The highest BCUT2D eigenvalue weighted by Crippen LogP contribution is 2.26. The zero-order valence-corrected chi connectivity index (χ0v) is 16.8. The van der Waals surface area contributed by atoms with Crippen LogP contribution in [0.1, 0.15) is 42.5 Å². The SMILES string of the molecule is O=C(Cc1ccccc1)N1CCC(c2nc(CCOCC3CCOCC3)no2)C1. The van der Waals surface area contributed by atoms with Crippen molar-refractivity contribution < 1.29 is 18.8 Å². The summed E-state index contributed by atoms with van der Waals surface area (Å²) >= 11 is 0. The van der Waals surface area contributed by atoms with Gasteiger partial charge in [0.15, 0.2) is 5.82 Å². The van der Waals surface area contributed by atoms with Crippen molar-refractivity contribution in [3.63, 3.8) is 0 Å². The van der Waals surface area contributed by atoms with Gasteiger partial charge in [-0.3, -0.25) is 4.79 Å². The third-order valence-electron chi connectivity index (χ3n) is 5.74. The van der Waals surface area contributed by atoms with Crippen molar-refractivity contribution in [1.29, 1.82) is 0 Å². The Balaban J connectivity index is 1.20. The minimum absolute atomic E-state index is 0.124. The van der Waals surface area contributed by atoms with E-state index in [1.165, 1.54) is 0 Å². The van der Waals surface area contributed by atoms with E-state index in [9.17, 15) is 4.79 Å². The van der Waals surface area contributed by atoms with Gasteiger partial charge in [0.25, 0.3) is 0 Å². The summed E-state index contributed by atoms with van der Waals surface area (Å²) in [7, 11) is 0. The number of carbonyl (C=O) groups is 1. The molecule has 29 heavy (non-hydrogen) atoms. The summed E-state index contributed by atoms with van der Waals surface area (Å²) in [5.74, 6) is 2.20. The summed E-state index contributed by atoms with van der Waals surface area (Å²) in [6.07, 6.45) is 4.10. The van der Waals surface area contributed by atoms with Gasteiger partial charge < -0.3 is 18.9 Å². The first-order chi connectivity index (χ1) is 14.3. The summed E-state index contributed by atoms with van der Waals surface area (Å²) in [4.78, 5) is 19.0. The molecule has 2 fully saturated rings. The Morgan fingerprint density at radius 3 is 2.83 bits per heavy atom. The third kappa shape index (κ3) is 5.64. The van der Waals surface area contributed by atoms with E-state index in [-0.39, 0.29) is 11.8 Å². The van der Waals surface area contributed by atoms with Crippen LogP contribution in [0.3, 0.4) is 0 Å². The molecule has 1 amide bonds. The average Bonchev–Trinajstić information content (AvgIpc) is 3.42. The molecule has 1 unspecified atom stereocenters. The van der Waals surface area contributed by atoms with E-state index in [0.717, 1.165) is 51.2 Å². The fourth-order valence-corrected chi connectivity index (χ4v) is 3.93. The highest BCUT2D eigenvalue weighted by atomic mass is 16.5. The lowest BCUT2D eigenvalue weighted by molar-refractivity contribution is -0.129. The Hall–Kier alpha value is -2.25. The number of aromatic nitrogens is 2. The van der Waals surface area contributed by atoms with Crippen molar-refractivity contribution in [2.24, 2.45) is 5.92 Å². The number of hydrogen-bond acceptors (Lipinski definition) is 6. The molecule has 156 valence electrons. The van der Waals surface area contributed by atoms with Gasteiger partial charge in [-0.2, -0.15) is 4.98 Å². The number of benzene rings is 1. The molecule has 2 aliphatic heterocycles. The van der Waals surface area contributed by atoms with E-state index >= 15 is 0 Å². The first-order valence-corrected chi connectivity index (χ1v) is 10.6. The minimum Gasteiger partial charge on any atom is -0.381 e. The van der Waals surface area contributed by atoms with E-state index in [4.69, 9.17) is 14.0 Å². The smallest absolute Gasteiger partial charge is 0.231 e. The Morgan fingerprint density at radius 1 is 1.17 bits per heavy atom. The lowest BCUT2D eigenvalue weighted by atomic mass is 10.0. The number of hydrogen-bond donors (Lipinski definition) is 0. The number of rotatable bonds is 8. The second-order valence-electron chi connectivity index (χ2n) is 7.92. The van der Waals surface area contributed by atoms with Gasteiger partial charge in [-0.05, 0) is 30.7 Å². The van der Waals surface area contributed by atoms with Crippen molar-refractivity contribution in [1.82, 2.24) is 15.0 Å². The molecule has 0 bridgehead atoms. The van der Waals surface area contributed by atoms with Crippen molar-refractivity contribution in [2.45, 2.75) is 38.0 Å². The Kier molecular flexibility index (Phi) is 6.90. The quantitative estimate of drug-likeness (QED) is 0.635. The fourth-order valence-electron chi connectivity index (χ4n) is 3.93. The van der Waals surface area contributed by atoms with Crippen LogP contribution in [-0.2, 0) is 27.1 Å². The summed E-state index contributed by atoms with van der Waals surface area (Å²) in [5.41, 5.74) is 1.04. The Morgan fingerprint density at radius 2 is 2.00 bits per heavy atom. The normalized spacial score (nSPS) is 20.3. The molecule has 2 aromatic rings. The zero-order valence-electron chi connectivity index (χ0n) is 16.8. The van der Waals surface area contributed by atoms with Crippen LogP contribution < -0.4 is 0 Å². The van der Waals surface area contributed by atoms with Crippen molar-refractivity contribution in [2.75, 3.05) is 39.5 Å². The van der Waals surface area contributed by atoms with Crippen molar-refractivity contribution in [3.8, 4) is 0 Å². The first kappa shape index (κ1) is 20.0. The van der Waals surface area contributed by atoms with Crippen LogP contribution in [0.25, 0.3) is 0 Å². The molecular weight excluding hydrogens is 370 g/mol. The van der Waals surface area contributed by atoms with Crippen LogP contribution >= 0.6 is 0 Å². The largest absolute Gasteiger partial charge is 0.381 e. The maximum absolute atomic E-state index is 12.5. The van der Waals surface area contributed by atoms with Crippen LogP contribution in [0.4, 0.5) is 0 Å². The second-order valence-corrected chi connectivity index (χ2v) is 7.92. The summed E-state index contributed by atoms with van der Waals surface area (Å²) in [5, 5.41) is 4.09. The molecular formula is C22H29N3O4. The molecule has 0 saturated carbocycles. The van der Waals surface area contributed by atoms with Gasteiger partial charge in [0.2, 0.25) is 11.8 Å². The number of nitrogens with zero attached hydrogens (tertiary/aromatic N) is 3. The molecule has 0 radical (unpaired) electrons. The minimum atomic E-state index is 0.124. The number of ether oxygens (including phenoxy) is 2. The molecule has 2 saturated heterocycles. The predicted molar refractivity (Wildman–Crippen MR) is 106 cm³/mol. The molecule has 1 aromatic heterocycles. The van der Waals surface area contributed by atoms with Crippen LogP contribution in [0, 0.1) is 5.92 Å². The van der Waals surface area contributed by atoms with Crippen LogP contribution in [-0.4, -0.2) is 60.5 Å². The van der Waals surface area contributed by atoms with Gasteiger partial charge in [0.1, 0.15) is 0 Å². The van der Waals surface area contributed by atoms with Gasteiger partial charge in [0.05, 0.1) is 18.9 Å². The summed E-state index contributed by atoms with van der Waals surface area (Å²) in [6.45, 7) is 4.44. The van der Waals surface area contributed by atoms with E-state index in [1.54, 1.807) is 0 Å². The molecule has 2 aliphatic rings. The maximum atomic E-state index is 12.5. The molecule has 4 rings (SSSR count). The van der Waals surface area contributed by atoms with Crippen molar-refractivity contribution in [3.05, 3.63) is 47.6 Å². The highest BCUT2D eigenvalue weighted by molar-refractivity contribution is 5.79. The fraction of sp³-hybridized carbons (Fsp3) is 0.591. The van der Waals surface area contributed by atoms with Crippen molar-refractivity contribution >= 4 is 5.91 Å². The number of likely N-dealkylation sites (tertiary alicyclic amines) is 1. The standard InChI is InChI=1S/C22H29N3O4/c26-21(14-17-4-2-1-3-5-17)25-10-6-19(15-25)22-23-20(24-29-22)9-13-28-16-18-7-11-27-12-8-18/h1-5,18-19H,6-16H2. The van der Waals surface area contributed by atoms with Gasteiger partial charge in [-0.1, -0.05) is 35.5 Å². The average molecular weight is 399 g/mol. The topological polar surface area (TPSA) is 77.7 Å². The monoisotopic (exact) mass is 399 g/mol. The Bertz CT molecular complexity index is 773. The lowest BCUT2D eigenvalue weighted by Crippen LogP contribution is -2.29. The molecule has 7 nitrogen and oxygen atoms in total. The lowest BCUT2D eigenvalue weighted by Gasteiger charge is -2.21.